The van der Waals surface area contributed by atoms with Gasteiger partial charge in [0.25, 0.3) is 5.91 Å². The summed E-state index contributed by atoms with van der Waals surface area (Å²) in [6.45, 7) is 0. The first kappa shape index (κ1) is 13.1. The number of aromatic nitrogens is 1. The minimum Gasteiger partial charge on any atom is -0.268 e. The molecule has 1 aromatic carbocycles. The Balaban J connectivity index is 2.43. The Hall–Kier alpha value is -2.37. The van der Waals surface area contributed by atoms with Gasteiger partial charge in [0, 0.05) is 12.4 Å². The van der Waals surface area contributed by atoms with Crippen molar-refractivity contribution in [3.63, 3.8) is 0 Å². The molecule has 1 heterocycles. The van der Waals surface area contributed by atoms with Gasteiger partial charge in [0.15, 0.2) is 0 Å². The first-order chi connectivity index (χ1) is 9.00. The van der Waals surface area contributed by atoms with Crippen molar-refractivity contribution in [3.8, 4) is 0 Å². The number of para-hydroxylation sites is 1. The average Bonchev–Trinajstić information content (AvgIpc) is 2.39. The Morgan fingerprint density at radius 2 is 1.74 bits per heavy atom. The van der Waals surface area contributed by atoms with Gasteiger partial charge in [-0.25, -0.2) is 4.90 Å². The quantitative estimate of drug-likeness (QED) is 0.782. The van der Waals surface area contributed by atoms with E-state index in [0.29, 0.717) is 0 Å². The van der Waals surface area contributed by atoms with Crippen LogP contribution in [0, 0.1) is 0 Å². The molecule has 3 nitrogen and oxygen atoms in total. The Morgan fingerprint density at radius 1 is 1.05 bits per heavy atom. The number of nitrogens with zero attached hydrogens (tertiary/aromatic N) is 2. The summed E-state index contributed by atoms with van der Waals surface area (Å²) in [5.74, 6) is -1.16. The van der Waals surface area contributed by atoms with E-state index in [2.05, 4.69) is 4.98 Å². The molecule has 0 unspecified atom stereocenters. The number of amides is 1. The average molecular weight is 266 g/mol. The third-order valence-electron chi connectivity index (χ3n) is 2.38. The Labute approximate surface area is 107 Å². The van der Waals surface area contributed by atoms with E-state index in [1.165, 1.54) is 42.6 Å². The number of rotatable bonds is 2. The largest absolute Gasteiger partial charge is 0.491 e. The maximum absolute atomic E-state index is 13.0. The van der Waals surface area contributed by atoms with Gasteiger partial charge in [0.05, 0.1) is 11.3 Å². The van der Waals surface area contributed by atoms with E-state index in [0.717, 1.165) is 6.20 Å². The van der Waals surface area contributed by atoms with Gasteiger partial charge < -0.3 is 0 Å². The lowest BCUT2D eigenvalue weighted by atomic mass is 10.2. The zero-order valence-electron chi connectivity index (χ0n) is 9.63. The fourth-order valence-electron chi connectivity index (χ4n) is 1.57. The SMILES string of the molecule is O=C(c1cccnc1)N(c1ccccc1)C(F)(F)F. The molecule has 98 valence electrons. The number of carbonyl (C=O) groups excluding carboxylic acids is 1. The van der Waals surface area contributed by atoms with Crippen LogP contribution in [0.5, 0.6) is 0 Å². The molecule has 0 radical (unpaired) electrons. The van der Waals surface area contributed by atoms with Gasteiger partial charge in [-0.3, -0.25) is 9.78 Å². The first-order valence-corrected chi connectivity index (χ1v) is 5.36. The Bertz CT molecular complexity index is 555. The third-order valence-corrected chi connectivity index (χ3v) is 2.38. The molecule has 1 amide bonds. The number of pyridine rings is 1. The highest BCUT2D eigenvalue weighted by Gasteiger charge is 2.42. The second kappa shape index (κ2) is 5.09. The summed E-state index contributed by atoms with van der Waals surface area (Å²) in [4.78, 5) is 15.4. The van der Waals surface area contributed by atoms with Crippen LogP contribution in [0.25, 0.3) is 0 Å². The van der Waals surface area contributed by atoms with Gasteiger partial charge in [-0.1, -0.05) is 18.2 Å². The van der Waals surface area contributed by atoms with Gasteiger partial charge in [-0.15, -0.1) is 13.2 Å². The highest BCUT2D eigenvalue weighted by molar-refractivity contribution is 6.06. The van der Waals surface area contributed by atoms with Crippen LogP contribution < -0.4 is 4.90 Å². The Morgan fingerprint density at radius 3 is 2.26 bits per heavy atom. The van der Waals surface area contributed by atoms with E-state index in [4.69, 9.17) is 0 Å². The van der Waals surface area contributed by atoms with Crippen LogP contribution in [0.2, 0.25) is 0 Å². The van der Waals surface area contributed by atoms with Crippen molar-refractivity contribution in [1.29, 1.82) is 0 Å². The van der Waals surface area contributed by atoms with E-state index in [9.17, 15) is 18.0 Å². The molecule has 0 atom stereocenters. The predicted molar refractivity (Wildman–Crippen MR) is 63.5 cm³/mol. The number of alkyl halides is 3. The summed E-state index contributed by atoms with van der Waals surface area (Å²) in [5.41, 5.74) is -0.354. The zero-order valence-corrected chi connectivity index (χ0v) is 9.63. The number of carbonyl (C=O) groups is 1. The molecule has 0 saturated carbocycles. The molecule has 6 heteroatoms. The van der Waals surface area contributed by atoms with Crippen LogP contribution in [0.3, 0.4) is 0 Å². The molecule has 2 rings (SSSR count). The lowest BCUT2D eigenvalue weighted by molar-refractivity contribution is -0.122. The molecule has 0 bridgehead atoms. The number of halogens is 3. The zero-order chi connectivity index (χ0) is 13.9. The van der Waals surface area contributed by atoms with Crippen LogP contribution in [0.4, 0.5) is 18.9 Å². The fraction of sp³-hybridized carbons (Fsp3) is 0.0769. The van der Waals surface area contributed by atoms with Crippen molar-refractivity contribution in [1.82, 2.24) is 4.98 Å². The molecule has 2 aromatic rings. The van der Waals surface area contributed by atoms with E-state index >= 15 is 0 Å². The smallest absolute Gasteiger partial charge is 0.268 e. The first-order valence-electron chi connectivity index (χ1n) is 5.36. The molecule has 0 fully saturated rings. The van der Waals surface area contributed by atoms with Crippen molar-refractivity contribution in [3.05, 3.63) is 60.4 Å². The number of anilines is 1. The van der Waals surface area contributed by atoms with E-state index in [1.54, 1.807) is 6.07 Å². The molecular formula is C13H9F3N2O. The van der Waals surface area contributed by atoms with Crippen LogP contribution in [0.1, 0.15) is 10.4 Å². The van der Waals surface area contributed by atoms with Crippen molar-refractivity contribution < 1.29 is 18.0 Å². The summed E-state index contributed by atoms with van der Waals surface area (Å²) >= 11 is 0. The van der Waals surface area contributed by atoms with Crippen LogP contribution in [-0.2, 0) is 0 Å². The van der Waals surface area contributed by atoms with Gasteiger partial charge >= 0.3 is 6.30 Å². The van der Waals surface area contributed by atoms with Gasteiger partial charge in [0.2, 0.25) is 0 Å². The van der Waals surface area contributed by atoms with Crippen molar-refractivity contribution >= 4 is 11.6 Å². The highest BCUT2D eigenvalue weighted by Crippen LogP contribution is 2.29. The lowest BCUT2D eigenvalue weighted by Gasteiger charge is -2.24. The molecule has 1 aromatic heterocycles. The molecule has 0 N–H and O–H groups in total. The van der Waals surface area contributed by atoms with Crippen LogP contribution >= 0.6 is 0 Å². The van der Waals surface area contributed by atoms with Crippen molar-refractivity contribution in [2.45, 2.75) is 6.30 Å². The molecule has 0 aliphatic rings. The standard InChI is InChI=1S/C13H9F3N2O/c14-13(15,16)18(11-6-2-1-3-7-11)12(19)10-5-4-8-17-9-10/h1-9H. The maximum atomic E-state index is 13.0. The topological polar surface area (TPSA) is 33.2 Å². The summed E-state index contributed by atoms with van der Waals surface area (Å²) < 4.78 is 39.1. The third kappa shape index (κ3) is 2.90. The normalized spacial score (nSPS) is 11.1. The minimum atomic E-state index is -4.80. The number of benzene rings is 1. The second-order valence-corrected chi connectivity index (χ2v) is 3.69. The molecular weight excluding hydrogens is 257 g/mol. The number of hydrogen-bond donors (Lipinski definition) is 0. The summed E-state index contributed by atoms with van der Waals surface area (Å²) in [6, 6.07) is 9.59. The van der Waals surface area contributed by atoms with Crippen LogP contribution in [0.15, 0.2) is 54.9 Å². The monoisotopic (exact) mass is 266 g/mol. The minimum absolute atomic E-state index is 0.122. The van der Waals surface area contributed by atoms with Gasteiger partial charge in [-0.05, 0) is 24.3 Å². The number of hydrogen-bond acceptors (Lipinski definition) is 2. The molecule has 0 saturated heterocycles. The van der Waals surface area contributed by atoms with Crippen molar-refractivity contribution in [2.24, 2.45) is 0 Å². The van der Waals surface area contributed by atoms with E-state index in [1.807, 2.05) is 0 Å². The highest BCUT2D eigenvalue weighted by atomic mass is 19.4. The lowest BCUT2D eigenvalue weighted by Crippen LogP contribution is -2.43. The predicted octanol–water partition coefficient (Wildman–Crippen LogP) is 3.25. The summed E-state index contributed by atoms with van der Waals surface area (Å²) in [7, 11) is 0. The molecule has 0 aliphatic heterocycles. The summed E-state index contributed by atoms with van der Waals surface area (Å²) in [6.07, 6.45) is -2.31. The maximum Gasteiger partial charge on any atom is 0.491 e. The second-order valence-electron chi connectivity index (χ2n) is 3.69. The van der Waals surface area contributed by atoms with Crippen molar-refractivity contribution in [2.75, 3.05) is 4.90 Å². The molecule has 19 heavy (non-hydrogen) atoms. The fourth-order valence-corrected chi connectivity index (χ4v) is 1.57. The molecule has 0 spiro atoms. The van der Waals surface area contributed by atoms with Crippen LogP contribution in [-0.4, -0.2) is 17.2 Å². The van der Waals surface area contributed by atoms with Gasteiger partial charge in [-0.2, -0.15) is 0 Å². The van der Waals surface area contributed by atoms with E-state index in [-0.39, 0.29) is 16.2 Å². The van der Waals surface area contributed by atoms with Gasteiger partial charge in [0.1, 0.15) is 0 Å². The molecule has 0 aliphatic carbocycles. The summed E-state index contributed by atoms with van der Waals surface area (Å²) in [5, 5.41) is 0. The van der Waals surface area contributed by atoms with E-state index < -0.39 is 12.2 Å². The Kier molecular flexibility index (Phi) is 3.50.